The number of hydrogen-bond acceptors (Lipinski definition) is 2. The molecular formula is C14H23ClN2. The molecule has 0 unspecified atom stereocenters. The summed E-state index contributed by atoms with van der Waals surface area (Å²) >= 11 is 5.83. The minimum atomic E-state index is -0.0438. The Balaban J connectivity index is 2.07. The van der Waals surface area contributed by atoms with Gasteiger partial charge in [0.2, 0.25) is 0 Å². The fraction of sp³-hybridized carbons (Fsp3) is 0.571. The average Bonchev–Trinajstić information content (AvgIpc) is 2.24. The van der Waals surface area contributed by atoms with Crippen LogP contribution < -0.4 is 11.1 Å². The van der Waals surface area contributed by atoms with Crippen molar-refractivity contribution >= 4 is 11.6 Å². The maximum absolute atomic E-state index is 5.92. The van der Waals surface area contributed by atoms with E-state index in [1.165, 1.54) is 5.56 Å². The summed E-state index contributed by atoms with van der Waals surface area (Å²) in [6, 6.07) is 8.03. The Morgan fingerprint density at radius 1 is 1.18 bits per heavy atom. The van der Waals surface area contributed by atoms with Gasteiger partial charge in [0, 0.05) is 10.6 Å². The molecule has 1 rings (SSSR count). The Hall–Kier alpha value is -0.570. The SMILES string of the molecule is CC(C)(N)CCCNCCc1ccc(Cl)cc1. The van der Waals surface area contributed by atoms with Crippen LogP contribution in [0, 0.1) is 0 Å². The zero-order valence-electron chi connectivity index (χ0n) is 10.8. The van der Waals surface area contributed by atoms with Crippen molar-refractivity contribution in [3.8, 4) is 0 Å². The van der Waals surface area contributed by atoms with Crippen molar-refractivity contribution in [3.63, 3.8) is 0 Å². The predicted octanol–water partition coefficient (Wildman–Crippen LogP) is 2.99. The monoisotopic (exact) mass is 254 g/mol. The molecule has 1 aromatic rings. The van der Waals surface area contributed by atoms with Gasteiger partial charge in [-0.1, -0.05) is 23.7 Å². The first-order valence-corrected chi connectivity index (χ1v) is 6.59. The van der Waals surface area contributed by atoms with E-state index < -0.39 is 0 Å². The highest BCUT2D eigenvalue weighted by molar-refractivity contribution is 6.30. The molecule has 0 spiro atoms. The van der Waals surface area contributed by atoms with Gasteiger partial charge in [-0.15, -0.1) is 0 Å². The number of nitrogens with one attached hydrogen (secondary N) is 1. The van der Waals surface area contributed by atoms with Crippen molar-refractivity contribution in [2.45, 2.75) is 38.6 Å². The molecule has 0 atom stereocenters. The lowest BCUT2D eigenvalue weighted by atomic mass is 10.0. The number of hydrogen-bond donors (Lipinski definition) is 2. The van der Waals surface area contributed by atoms with Crippen LogP contribution in [-0.4, -0.2) is 18.6 Å². The second-order valence-corrected chi connectivity index (χ2v) is 5.66. The second-order valence-electron chi connectivity index (χ2n) is 5.22. The van der Waals surface area contributed by atoms with E-state index in [1.54, 1.807) is 0 Å². The highest BCUT2D eigenvalue weighted by atomic mass is 35.5. The minimum absolute atomic E-state index is 0.0438. The molecule has 0 aromatic heterocycles. The van der Waals surface area contributed by atoms with Crippen molar-refractivity contribution in [1.82, 2.24) is 5.32 Å². The molecule has 0 aliphatic rings. The lowest BCUT2D eigenvalue weighted by Gasteiger charge is -2.17. The lowest BCUT2D eigenvalue weighted by Crippen LogP contribution is -2.33. The molecule has 0 aliphatic carbocycles. The standard InChI is InChI=1S/C14H23ClN2/c1-14(2,16)9-3-10-17-11-8-12-4-6-13(15)7-5-12/h4-7,17H,3,8-11,16H2,1-2H3. The number of halogens is 1. The zero-order chi connectivity index (χ0) is 12.7. The number of nitrogens with two attached hydrogens (primary N) is 1. The van der Waals surface area contributed by atoms with Crippen LogP contribution in [0.3, 0.4) is 0 Å². The van der Waals surface area contributed by atoms with Crippen LogP contribution in [0.1, 0.15) is 32.3 Å². The van der Waals surface area contributed by atoms with Crippen molar-refractivity contribution < 1.29 is 0 Å². The van der Waals surface area contributed by atoms with Crippen LogP contribution in [0.15, 0.2) is 24.3 Å². The van der Waals surface area contributed by atoms with Crippen LogP contribution in [0.5, 0.6) is 0 Å². The van der Waals surface area contributed by atoms with Gasteiger partial charge >= 0.3 is 0 Å². The smallest absolute Gasteiger partial charge is 0.0406 e. The van der Waals surface area contributed by atoms with E-state index in [9.17, 15) is 0 Å². The molecule has 3 heteroatoms. The summed E-state index contributed by atoms with van der Waals surface area (Å²) in [7, 11) is 0. The van der Waals surface area contributed by atoms with Gasteiger partial charge in [-0.2, -0.15) is 0 Å². The van der Waals surface area contributed by atoms with Gasteiger partial charge in [0.05, 0.1) is 0 Å². The molecule has 3 N–H and O–H groups in total. The third-order valence-corrected chi connectivity index (χ3v) is 2.93. The molecule has 0 amide bonds. The van der Waals surface area contributed by atoms with Gasteiger partial charge in [0.25, 0.3) is 0 Å². The summed E-state index contributed by atoms with van der Waals surface area (Å²) < 4.78 is 0. The molecule has 1 aromatic carbocycles. The fourth-order valence-electron chi connectivity index (χ4n) is 1.68. The van der Waals surface area contributed by atoms with E-state index >= 15 is 0 Å². The normalized spacial score (nSPS) is 11.8. The van der Waals surface area contributed by atoms with Crippen molar-refractivity contribution in [2.24, 2.45) is 5.73 Å². The molecular weight excluding hydrogens is 232 g/mol. The number of benzene rings is 1. The molecule has 0 bridgehead atoms. The fourth-order valence-corrected chi connectivity index (χ4v) is 1.80. The van der Waals surface area contributed by atoms with E-state index in [0.717, 1.165) is 37.4 Å². The highest BCUT2D eigenvalue weighted by Crippen LogP contribution is 2.09. The maximum Gasteiger partial charge on any atom is 0.0406 e. The lowest BCUT2D eigenvalue weighted by molar-refractivity contribution is 0.449. The van der Waals surface area contributed by atoms with Gasteiger partial charge in [0.15, 0.2) is 0 Å². The van der Waals surface area contributed by atoms with Gasteiger partial charge in [0.1, 0.15) is 0 Å². The molecule has 0 saturated carbocycles. The maximum atomic E-state index is 5.92. The quantitative estimate of drug-likeness (QED) is 0.735. The molecule has 17 heavy (non-hydrogen) atoms. The molecule has 0 saturated heterocycles. The van der Waals surface area contributed by atoms with E-state index in [-0.39, 0.29) is 5.54 Å². The van der Waals surface area contributed by atoms with E-state index in [2.05, 4.69) is 31.3 Å². The van der Waals surface area contributed by atoms with E-state index in [0.29, 0.717) is 0 Å². The zero-order valence-corrected chi connectivity index (χ0v) is 11.6. The van der Waals surface area contributed by atoms with Crippen molar-refractivity contribution in [1.29, 1.82) is 0 Å². The van der Waals surface area contributed by atoms with Gasteiger partial charge in [-0.05, 0) is 63.9 Å². The Labute approximate surface area is 110 Å². The Bertz CT molecular complexity index is 314. The Kier molecular flexibility index (Phi) is 5.96. The molecule has 96 valence electrons. The largest absolute Gasteiger partial charge is 0.326 e. The topological polar surface area (TPSA) is 38.0 Å². The van der Waals surface area contributed by atoms with Crippen LogP contribution in [-0.2, 0) is 6.42 Å². The highest BCUT2D eigenvalue weighted by Gasteiger charge is 2.08. The van der Waals surface area contributed by atoms with Crippen molar-refractivity contribution in [3.05, 3.63) is 34.9 Å². The van der Waals surface area contributed by atoms with Gasteiger partial charge < -0.3 is 11.1 Å². The van der Waals surface area contributed by atoms with E-state index in [1.807, 2.05) is 12.1 Å². The third kappa shape index (κ3) is 7.37. The van der Waals surface area contributed by atoms with E-state index in [4.69, 9.17) is 17.3 Å². The summed E-state index contributed by atoms with van der Waals surface area (Å²) in [6.45, 7) is 6.18. The predicted molar refractivity (Wildman–Crippen MR) is 75.5 cm³/mol. The van der Waals surface area contributed by atoms with Crippen LogP contribution >= 0.6 is 11.6 Å². The molecule has 0 aliphatic heterocycles. The summed E-state index contributed by atoms with van der Waals surface area (Å²) in [4.78, 5) is 0. The third-order valence-electron chi connectivity index (χ3n) is 2.68. The molecule has 0 fully saturated rings. The van der Waals surface area contributed by atoms with Crippen LogP contribution in [0.25, 0.3) is 0 Å². The number of rotatable bonds is 7. The van der Waals surface area contributed by atoms with Gasteiger partial charge in [-0.25, -0.2) is 0 Å². The summed E-state index contributed by atoms with van der Waals surface area (Å²) in [5, 5.41) is 4.23. The molecule has 0 heterocycles. The Morgan fingerprint density at radius 2 is 1.82 bits per heavy atom. The summed E-state index contributed by atoms with van der Waals surface area (Å²) in [5.41, 5.74) is 7.19. The minimum Gasteiger partial charge on any atom is -0.326 e. The second kappa shape index (κ2) is 7.00. The first kappa shape index (κ1) is 14.5. The average molecular weight is 255 g/mol. The first-order valence-electron chi connectivity index (χ1n) is 6.21. The van der Waals surface area contributed by atoms with Crippen LogP contribution in [0.4, 0.5) is 0 Å². The molecule has 0 radical (unpaired) electrons. The van der Waals surface area contributed by atoms with Crippen molar-refractivity contribution in [2.75, 3.05) is 13.1 Å². The Morgan fingerprint density at radius 3 is 2.41 bits per heavy atom. The van der Waals surface area contributed by atoms with Crippen LogP contribution in [0.2, 0.25) is 5.02 Å². The molecule has 2 nitrogen and oxygen atoms in total. The first-order chi connectivity index (χ1) is 7.97. The summed E-state index contributed by atoms with van der Waals surface area (Å²) in [5.74, 6) is 0. The summed E-state index contributed by atoms with van der Waals surface area (Å²) in [6.07, 6.45) is 3.23. The van der Waals surface area contributed by atoms with Gasteiger partial charge in [-0.3, -0.25) is 0 Å².